The number of carbonyl (C=O) groups is 1. The summed E-state index contributed by atoms with van der Waals surface area (Å²) >= 11 is 6.11. The van der Waals surface area contributed by atoms with E-state index in [-0.39, 0.29) is 28.3 Å². The van der Waals surface area contributed by atoms with Gasteiger partial charge in [0.2, 0.25) is 15.9 Å². The number of sulfonamides is 1. The lowest BCUT2D eigenvalue weighted by molar-refractivity contribution is -0.135. The third-order valence-corrected chi connectivity index (χ3v) is 7.61. The number of methoxy groups -OCH3 is 2. The highest BCUT2D eigenvalue weighted by Gasteiger charge is 2.34. The van der Waals surface area contributed by atoms with E-state index in [1.807, 2.05) is 24.3 Å². The van der Waals surface area contributed by atoms with Crippen LogP contribution < -0.4 is 9.47 Å². The van der Waals surface area contributed by atoms with Gasteiger partial charge in [-0.05, 0) is 48.7 Å². The van der Waals surface area contributed by atoms with Crippen LogP contribution in [0.5, 0.6) is 11.5 Å². The van der Waals surface area contributed by atoms with E-state index in [0.717, 1.165) is 11.3 Å². The molecule has 0 N–H and O–H groups in total. The molecule has 1 fully saturated rings. The Hall–Kier alpha value is -2.29. The summed E-state index contributed by atoms with van der Waals surface area (Å²) in [4.78, 5) is 14.8. The van der Waals surface area contributed by atoms with Gasteiger partial charge in [0, 0.05) is 26.7 Å². The summed E-state index contributed by atoms with van der Waals surface area (Å²) in [7, 11) is 1.06. The van der Waals surface area contributed by atoms with Crippen molar-refractivity contribution in [2.45, 2.75) is 24.3 Å². The molecule has 2 aromatic carbocycles. The van der Waals surface area contributed by atoms with Gasteiger partial charge in [0.25, 0.3) is 0 Å². The Morgan fingerprint density at radius 2 is 1.87 bits per heavy atom. The van der Waals surface area contributed by atoms with E-state index in [1.165, 1.54) is 29.6 Å². The Morgan fingerprint density at radius 1 is 1.16 bits per heavy atom. The zero-order valence-corrected chi connectivity index (χ0v) is 19.4. The molecule has 0 spiro atoms. The van der Waals surface area contributed by atoms with Crippen LogP contribution in [0.4, 0.5) is 0 Å². The van der Waals surface area contributed by atoms with Gasteiger partial charge in [-0.15, -0.1) is 0 Å². The number of hydrogen-bond donors (Lipinski definition) is 0. The molecule has 0 aromatic heterocycles. The molecule has 168 valence electrons. The monoisotopic (exact) mass is 466 g/mol. The Labute approximate surface area is 188 Å². The fraction of sp³-hybridized carbons (Fsp3) is 0.409. The number of rotatable bonds is 7. The van der Waals surface area contributed by atoms with Gasteiger partial charge in [-0.3, -0.25) is 4.79 Å². The molecule has 1 saturated heterocycles. The Balaban J connectivity index is 1.69. The highest BCUT2D eigenvalue weighted by Crippen LogP contribution is 2.30. The van der Waals surface area contributed by atoms with Crippen molar-refractivity contribution in [3.63, 3.8) is 0 Å². The maximum Gasteiger partial charge on any atom is 0.243 e. The maximum atomic E-state index is 13.1. The van der Waals surface area contributed by atoms with E-state index in [9.17, 15) is 13.2 Å². The number of hydrogen-bond acceptors (Lipinski definition) is 5. The fourth-order valence-electron chi connectivity index (χ4n) is 3.71. The first kappa shape index (κ1) is 23.4. The molecule has 1 amide bonds. The molecule has 0 aliphatic carbocycles. The highest BCUT2D eigenvalue weighted by molar-refractivity contribution is 7.89. The highest BCUT2D eigenvalue weighted by atomic mass is 35.5. The molecular weight excluding hydrogens is 440 g/mol. The topological polar surface area (TPSA) is 76.2 Å². The quantitative estimate of drug-likeness (QED) is 0.625. The molecule has 7 nitrogen and oxygen atoms in total. The standard InChI is InChI=1S/C22H27ClN2O5S/c1-24(14-16-6-8-18(29-2)9-7-16)22(26)17-5-4-12-25(15-17)31(27,28)19-10-11-21(30-3)20(23)13-19/h6-11,13,17H,4-5,12,14-15H2,1-3H3/t17-/m0/s1. The summed E-state index contributed by atoms with van der Waals surface area (Å²) in [5.41, 5.74) is 0.977. The minimum absolute atomic E-state index is 0.0662. The molecule has 3 rings (SSSR count). The number of piperidine rings is 1. The third kappa shape index (κ3) is 5.31. The van der Waals surface area contributed by atoms with Crippen LogP contribution in [0, 0.1) is 5.92 Å². The third-order valence-electron chi connectivity index (χ3n) is 5.45. The second-order valence-electron chi connectivity index (χ2n) is 7.54. The summed E-state index contributed by atoms with van der Waals surface area (Å²) in [6.07, 6.45) is 1.27. The normalized spacial score (nSPS) is 17.2. The summed E-state index contributed by atoms with van der Waals surface area (Å²) in [6.45, 7) is 0.968. The number of carbonyl (C=O) groups excluding carboxylic acids is 1. The molecule has 0 radical (unpaired) electrons. The molecule has 1 heterocycles. The number of halogens is 1. The first-order chi connectivity index (χ1) is 14.8. The Morgan fingerprint density at radius 3 is 2.48 bits per heavy atom. The smallest absolute Gasteiger partial charge is 0.243 e. The molecule has 9 heteroatoms. The Bertz CT molecular complexity index is 1030. The van der Waals surface area contributed by atoms with Gasteiger partial charge >= 0.3 is 0 Å². The average Bonchev–Trinajstić information content (AvgIpc) is 2.79. The lowest BCUT2D eigenvalue weighted by Gasteiger charge is -2.33. The van der Waals surface area contributed by atoms with E-state index >= 15 is 0 Å². The second kappa shape index (κ2) is 9.89. The van der Waals surface area contributed by atoms with Gasteiger partial charge in [0.05, 0.1) is 30.1 Å². The van der Waals surface area contributed by atoms with Crippen molar-refractivity contribution in [3.8, 4) is 11.5 Å². The lowest BCUT2D eigenvalue weighted by atomic mass is 9.98. The number of benzene rings is 2. The summed E-state index contributed by atoms with van der Waals surface area (Å²) in [6, 6.07) is 11.9. The van der Waals surface area contributed by atoms with E-state index in [0.29, 0.717) is 31.7 Å². The molecule has 31 heavy (non-hydrogen) atoms. The van der Waals surface area contributed by atoms with Gasteiger partial charge in [-0.1, -0.05) is 23.7 Å². The van der Waals surface area contributed by atoms with Gasteiger partial charge in [0.1, 0.15) is 11.5 Å². The van der Waals surface area contributed by atoms with E-state index < -0.39 is 10.0 Å². The van der Waals surface area contributed by atoms with Crippen LogP contribution in [0.15, 0.2) is 47.4 Å². The minimum Gasteiger partial charge on any atom is -0.497 e. The van der Waals surface area contributed by atoms with E-state index in [2.05, 4.69) is 0 Å². The van der Waals surface area contributed by atoms with Crippen molar-refractivity contribution in [1.82, 2.24) is 9.21 Å². The SMILES string of the molecule is COc1ccc(CN(C)C(=O)[C@H]2CCCN(S(=O)(=O)c3ccc(OC)c(Cl)c3)C2)cc1. The predicted octanol–water partition coefficient (Wildman–Crippen LogP) is 3.42. The summed E-state index contributed by atoms with van der Waals surface area (Å²) < 4.78 is 37.9. The summed E-state index contributed by atoms with van der Waals surface area (Å²) in [5.74, 6) is 0.709. The van der Waals surface area contributed by atoms with Crippen molar-refractivity contribution in [3.05, 3.63) is 53.1 Å². The van der Waals surface area contributed by atoms with Gasteiger partial charge in [0.15, 0.2) is 0 Å². The molecule has 1 aliphatic rings. The minimum atomic E-state index is -3.76. The van der Waals surface area contributed by atoms with Crippen molar-refractivity contribution < 1.29 is 22.7 Å². The first-order valence-corrected chi connectivity index (χ1v) is 11.8. The van der Waals surface area contributed by atoms with Crippen molar-refractivity contribution in [2.24, 2.45) is 5.92 Å². The summed E-state index contributed by atoms with van der Waals surface area (Å²) in [5, 5.41) is 0.229. The van der Waals surface area contributed by atoms with Gasteiger partial charge in [-0.2, -0.15) is 4.31 Å². The van der Waals surface area contributed by atoms with Crippen LogP contribution in [-0.4, -0.2) is 57.9 Å². The number of nitrogens with zero attached hydrogens (tertiary/aromatic N) is 2. The molecule has 1 atom stereocenters. The van der Waals surface area contributed by atoms with Crippen LogP contribution in [-0.2, 0) is 21.4 Å². The fourth-order valence-corrected chi connectivity index (χ4v) is 5.59. The van der Waals surface area contributed by atoms with E-state index in [4.69, 9.17) is 21.1 Å². The van der Waals surface area contributed by atoms with Crippen LogP contribution in [0.3, 0.4) is 0 Å². The molecular formula is C22H27ClN2O5S. The average molecular weight is 467 g/mol. The molecule has 0 bridgehead atoms. The van der Waals surface area contributed by atoms with Crippen molar-refractivity contribution in [1.29, 1.82) is 0 Å². The van der Waals surface area contributed by atoms with Crippen molar-refractivity contribution >= 4 is 27.5 Å². The van der Waals surface area contributed by atoms with Gasteiger partial charge in [-0.25, -0.2) is 8.42 Å². The Kier molecular flexibility index (Phi) is 7.46. The first-order valence-electron chi connectivity index (χ1n) is 9.98. The molecule has 2 aromatic rings. The van der Waals surface area contributed by atoms with Crippen LogP contribution in [0.1, 0.15) is 18.4 Å². The number of amides is 1. The predicted molar refractivity (Wildman–Crippen MR) is 119 cm³/mol. The molecule has 0 saturated carbocycles. The largest absolute Gasteiger partial charge is 0.497 e. The van der Waals surface area contributed by atoms with E-state index in [1.54, 1.807) is 19.1 Å². The maximum absolute atomic E-state index is 13.1. The second-order valence-corrected chi connectivity index (χ2v) is 9.89. The van der Waals surface area contributed by atoms with Crippen LogP contribution in [0.2, 0.25) is 5.02 Å². The zero-order valence-electron chi connectivity index (χ0n) is 17.9. The van der Waals surface area contributed by atoms with Crippen molar-refractivity contribution in [2.75, 3.05) is 34.4 Å². The molecule has 0 unspecified atom stereocenters. The molecule has 1 aliphatic heterocycles. The zero-order chi connectivity index (χ0) is 22.6. The van der Waals surface area contributed by atoms with Crippen LogP contribution >= 0.6 is 11.6 Å². The lowest BCUT2D eigenvalue weighted by Crippen LogP contribution is -2.45. The van der Waals surface area contributed by atoms with Crippen LogP contribution in [0.25, 0.3) is 0 Å². The van der Waals surface area contributed by atoms with Gasteiger partial charge < -0.3 is 14.4 Å². The number of ether oxygens (including phenoxy) is 2.